The van der Waals surface area contributed by atoms with Crippen LogP contribution in [0.2, 0.25) is 0 Å². The highest BCUT2D eigenvalue weighted by Crippen LogP contribution is 2.44. The molecule has 0 spiro atoms. The van der Waals surface area contributed by atoms with Gasteiger partial charge in [-0.25, -0.2) is 15.1 Å². The second-order valence-corrected chi connectivity index (χ2v) is 8.49. The number of aliphatic carboxylic acids is 1. The third-order valence-corrected chi connectivity index (χ3v) is 6.11. The molecular weight excluding hydrogens is 424 g/mol. The Bertz CT molecular complexity index is 990. The Labute approximate surface area is 192 Å². The number of fused-ring (bicyclic) bond motifs is 3. The van der Waals surface area contributed by atoms with Crippen LogP contribution in [0.4, 0.5) is 4.79 Å². The number of rotatable bonds is 10. The molecule has 2 unspecified atom stereocenters. The van der Waals surface area contributed by atoms with E-state index in [1.54, 1.807) is 0 Å². The van der Waals surface area contributed by atoms with Gasteiger partial charge in [0, 0.05) is 5.92 Å². The number of ether oxygens (including phenoxy) is 1. The number of amides is 2. The Kier molecular flexibility index (Phi) is 6.93. The molecule has 1 fully saturated rings. The summed E-state index contributed by atoms with van der Waals surface area (Å²) in [6, 6.07) is 15.2. The second-order valence-electron chi connectivity index (χ2n) is 8.49. The lowest BCUT2D eigenvalue weighted by atomic mass is 9.98. The SMILES string of the molecule is CCCC(NC(=O)OCC1c2ccccc2-c2ccccc21)C(=O)NOC(C(=O)O)C1CC1. The van der Waals surface area contributed by atoms with Crippen molar-refractivity contribution in [2.75, 3.05) is 6.61 Å². The van der Waals surface area contributed by atoms with Crippen LogP contribution in [0.25, 0.3) is 11.1 Å². The first-order valence-electron chi connectivity index (χ1n) is 11.3. The minimum Gasteiger partial charge on any atom is -0.479 e. The van der Waals surface area contributed by atoms with Crippen LogP contribution in [-0.2, 0) is 19.2 Å². The van der Waals surface area contributed by atoms with Gasteiger partial charge in [0.15, 0.2) is 6.10 Å². The van der Waals surface area contributed by atoms with E-state index in [0.717, 1.165) is 35.1 Å². The Morgan fingerprint density at radius 3 is 2.18 bits per heavy atom. The number of alkyl carbamates (subject to hydrolysis) is 1. The van der Waals surface area contributed by atoms with Gasteiger partial charge in [-0.1, -0.05) is 61.9 Å². The van der Waals surface area contributed by atoms with Crippen LogP contribution in [0, 0.1) is 5.92 Å². The van der Waals surface area contributed by atoms with Crippen LogP contribution in [0.1, 0.15) is 49.7 Å². The maximum Gasteiger partial charge on any atom is 0.407 e. The van der Waals surface area contributed by atoms with Crippen LogP contribution in [-0.4, -0.2) is 41.8 Å². The van der Waals surface area contributed by atoms with Crippen LogP contribution >= 0.6 is 0 Å². The molecule has 8 heteroatoms. The summed E-state index contributed by atoms with van der Waals surface area (Å²) in [6.45, 7) is 2.02. The molecule has 0 saturated heterocycles. The maximum atomic E-state index is 12.5. The van der Waals surface area contributed by atoms with Gasteiger partial charge in [0.25, 0.3) is 5.91 Å². The largest absolute Gasteiger partial charge is 0.479 e. The number of carboxylic acids is 1. The van der Waals surface area contributed by atoms with Gasteiger partial charge in [0.05, 0.1) is 0 Å². The molecule has 2 aliphatic carbocycles. The third kappa shape index (κ3) is 5.17. The van der Waals surface area contributed by atoms with Gasteiger partial charge in [-0.05, 0) is 47.4 Å². The molecule has 3 N–H and O–H groups in total. The molecule has 33 heavy (non-hydrogen) atoms. The smallest absolute Gasteiger partial charge is 0.407 e. The molecule has 2 aromatic carbocycles. The van der Waals surface area contributed by atoms with E-state index in [2.05, 4.69) is 22.9 Å². The molecule has 0 heterocycles. The fourth-order valence-electron chi connectivity index (χ4n) is 4.28. The zero-order valence-electron chi connectivity index (χ0n) is 18.5. The molecule has 1 saturated carbocycles. The van der Waals surface area contributed by atoms with Crippen molar-refractivity contribution in [3.8, 4) is 11.1 Å². The van der Waals surface area contributed by atoms with Gasteiger partial charge in [-0.15, -0.1) is 0 Å². The molecule has 0 bridgehead atoms. The number of hydroxylamine groups is 1. The van der Waals surface area contributed by atoms with Gasteiger partial charge < -0.3 is 15.2 Å². The predicted molar refractivity (Wildman–Crippen MR) is 120 cm³/mol. The maximum absolute atomic E-state index is 12.5. The molecule has 8 nitrogen and oxygen atoms in total. The highest BCUT2D eigenvalue weighted by atomic mass is 16.7. The van der Waals surface area contributed by atoms with Crippen molar-refractivity contribution in [3.63, 3.8) is 0 Å². The van der Waals surface area contributed by atoms with E-state index in [-0.39, 0.29) is 18.4 Å². The zero-order valence-corrected chi connectivity index (χ0v) is 18.5. The van der Waals surface area contributed by atoms with Crippen molar-refractivity contribution < 1.29 is 29.1 Å². The number of carbonyl (C=O) groups excluding carboxylic acids is 2. The van der Waals surface area contributed by atoms with Crippen molar-refractivity contribution in [1.82, 2.24) is 10.8 Å². The van der Waals surface area contributed by atoms with E-state index in [1.807, 2.05) is 43.3 Å². The number of hydrogen-bond donors (Lipinski definition) is 3. The lowest BCUT2D eigenvalue weighted by Gasteiger charge is -2.20. The topological polar surface area (TPSA) is 114 Å². The summed E-state index contributed by atoms with van der Waals surface area (Å²) in [5, 5.41) is 11.8. The van der Waals surface area contributed by atoms with Crippen LogP contribution in [0.15, 0.2) is 48.5 Å². The summed E-state index contributed by atoms with van der Waals surface area (Å²) in [6.07, 6.45) is 0.716. The number of nitrogens with one attached hydrogen (secondary N) is 2. The van der Waals surface area contributed by atoms with E-state index in [0.29, 0.717) is 12.8 Å². The van der Waals surface area contributed by atoms with E-state index >= 15 is 0 Å². The van der Waals surface area contributed by atoms with Crippen molar-refractivity contribution in [1.29, 1.82) is 0 Å². The fourth-order valence-corrected chi connectivity index (χ4v) is 4.28. The van der Waals surface area contributed by atoms with Crippen molar-refractivity contribution in [2.24, 2.45) is 5.92 Å². The van der Waals surface area contributed by atoms with Gasteiger partial charge >= 0.3 is 12.1 Å². The van der Waals surface area contributed by atoms with E-state index in [9.17, 15) is 19.5 Å². The summed E-state index contributed by atoms with van der Waals surface area (Å²) in [7, 11) is 0. The Hall–Kier alpha value is -3.39. The second kappa shape index (κ2) is 10.0. The summed E-state index contributed by atoms with van der Waals surface area (Å²) in [5.41, 5.74) is 6.67. The quantitative estimate of drug-likeness (QED) is 0.475. The summed E-state index contributed by atoms with van der Waals surface area (Å²) in [5.74, 6) is -1.89. The van der Waals surface area contributed by atoms with Crippen LogP contribution in [0.3, 0.4) is 0 Å². The van der Waals surface area contributed by atoms with Crippen LogP contribution in [0.5, 0.6) is 0 Å². The van der Waals surface area contributed by atoms with E-state index in [4.69, 9.17) is 9.57 Å². The molecule has 0 radical (unpaired) electrons. The number of hydrogen-bond acceptors (Lipinski definition) is 5. The summed E-state index contributed by atoms with van der Waals surface area (Å²) >= 11 is 0. The fraction of sp³-hybridized carbons (Fsp3) is 0.400. The Morgan fingerprint density at radius 2 is 1.64 bits per heavy atom. The molecular formula is C25H28N2O6. The zero-order chi connectivity index (χ0) is 23.4. The first-order valence-corrected chi connectivity index (χ1v) is 11.3. The molecule has 174 valence electrons. The minimum atomic E-state index is -1.12. The first kappa shape index (κ1) is 22.8. The summed E-state index contributed by atoms with van der Waals surface area (Å²) < 4.78 is 5.51. The van der Waals surface area contributed by atoms with Gasteiger partial charge in [-0.2, -0.15) is 0 Å². The van der Waals surface area contributed by atoms with Crippen molar-refractivity contribution >= 4 is 18.0 Å². The number of carbonyl (C=O) groups is 3. The van der Waals surface area contributed by atoms with Gasteiger partial charge in [0.1, 0.15) is 12.6 Å². The standard InChI is InChI=1S/C25H28N2O6/c1-2-7-21(23(28)27-33-22(24(29)30)15-12-13-15)26-25(31)32-14-20-18-10-5-3-8-16(18)17-9-4-6-11-19(17)20/h3-6,8-11,15,20-22H,2,7,12-14H2,1H3,(H,26,31)(H,27,28)(H,29,30). The van der Waals surface area contributed by atoms with Crippen LogP contribution < -0.4 is 10.8 Å². The number of carboxylic acid groups (broad SMARTS) is 1. The molecule has 0 aromatic heterocycles. The van der Waals surface area contributed by atoms with E-state index < -0.39 is 30.1 Å². The average molecular weight is 453 g/mol. The van der Waals surface area contributed by atoms with Gasteiger partial charge in [0.2, 0.25) is 0 Å². The van der Waals surface area contributed by atoms with Gasteiger partial charge in [-0.3, -0.25) is 9.63 Å². The Morgan fingerprint density at radius 1 is 1.03 bits per heavy atom. The molecule has 2 aromatic rings. The molecule has 0 aliphatic heterocycles. The minimum absolute atomic E-state index is 0.0835. The lowest BCUT2D eigenvalue weighted by molar-refractivity contribution is -0.163. The third-order valence-electron chi connectivity index (χ3n) is 6.11. The molecule has 4 rings (SSSR count). The lowest BCUT2D eigenvalue weighted by Crippen LogP contribution is -2.48. The van der Waals surface area contributed by atoms with E-state index in [1.165, 1.54) is 0 Å². The monoisotopic (exact) mass is 452 g/mol. The normalized spacial score (nSPS) is 16.3. The Balaban J connectivity index is 1.35. The predicted octanol–water partition coefficient (Wildman–Crippen LogP) is 3.60. The molecule has 2 amide bonds. The van der Waals surface area contributed by atoms with Crippen molar-refractivity contribution in [3.05, 3.63) is 59.7 Å². The highest BCUT2D eigenvalue weighted by molar-refractivity contribution is 5.85. The average Bonchev–Trinajstić information content (AvgIpc) is 3.59. The highest BCUT2D eigenvalue weighted by Gasteiger charge is 2.38. The summed E-state index contributed by atoms with van der Waals surface area (Å²) in [4.78, 5) is 41.5. The molecule has 2 atom stereocenters. The molecule has 2 aliphatic rings. The first-order chi connectivity index (χ1) is 16.0. The van der Waals surface area contributed by atoms with Crippen molar-refractivity contribution in [2.45, 2.75) is 50.7 Å². The number of benzene rings is 2.